The monoisotopic (exact) mass is 203 g/mol. The van der Waals surface area contributed by atoms with Crippen LogP contribution in [0.3, 0.4) is 0 Å². The highest BCUT2D eigenvalue weighted by Crippen LogP contribution is 2.26. The summed E-state index contributed by atoms with van der Waals surface area (Å²) in [4.78, 5) is 13.5. The number of hydrogen-bond acceptors (Lipinski definition) is 6. The quantitative estimate of drug-likeness (QED) is 0.432. The lowest BCUT2D eigenvalue weighted by Crippen LogP contribution is -2.15. The van der Waals surface area contributed by atoms with Gasteiger partial charge in [0.25, 0.3) is 5.19 Å². The first-order valence-electron chi connectivity index (χ1n) is 3.61. The molecule has 0 fully saturated rings. The van der Waals surface area contributed by atoms with E-state index in [0.29, 0.717) is 18.3 Å². The van der Waals surface area contributed by atoms with Crippen LogP contribution in [0.25, 0.3) is 0 Å². The van der Waals surface area contributed by atoms with E-state index in [-0.39, 0.29) is 5.00 Å². The molecule has 0 radical (unpaired) electrons. The van der Waals surface area contributed by atoms with E-state index in [9.17, 15) is 10.1 Å². The predicted molar refractivity (Wildman–Crippen MR) is 48.2 cm³/mol. The van der Waals surface area contributed by atoms with E-state index in [2.05, 4.69) is 10.3 Å². The van der Waals surface area contributed by atoms with E-state index in [0.717, 1.165) is 11.3 Å². The highest BCUT2D eigenvalue weighted by atomic mass is 32.1. The number of likely N-dealkylation sites (N-methyl/N-ethyl adjacent to an activating group) is 1. The Morgan fingerprint density at radius 3 is 3.15 bits per heavy atom. The maximum absolute atomic E-state index is 10.3. The van der Waals surface area contributed by atoms with Gasteiger partial charge in [-0.2, -0.15) is 0 Å². The predicted octanol–water partition coefficient (Wildman–Crippen LogP) is 0.649. The van der Waals surface area contributed by atoms with E-state index < -0.39 is 4.92 Å². The maximum atomic E-state index is 10.3. The first kappa shape index (κ1) is 9.87. The van der Waals surface area contributed by atoms with Gasteiger partial charge in [0.15, 0.2) is 0 Å². The zero-order chi connectivity index (χ0) is 9.68. The smallest absolute Gasteiger partial charge is 0.347 e. The molecule has 0 aliphatic rings. The van der Waals surface area contributed by atoms with Crippen LogP contribution < -0.4 is 10.1 Å². The number of nitrogens with zero attached hydrogens (tertiary/aromatic N) is 2. The lowest BCUT2D eigenvalue weighted by atomic mass is 10.7. The first-order chi connectivity index (χ1) is 6.24. The molecule has 0 aromatic carbocycles. The van der Waals surface area contributed by atoms with Gasteiger partial charge in [0.05, 0.1) is 4.92 Å². The summed E-state index contributed by atoms with van der Waals surface area (Å²) in [7, 11) is 1.80. The SMILES string of the molecule is CNCCOc1ncc([N+](=O)[O-])s1. The molecule has 72 valence electrons. The van der Waals surface area contributed by atoms with Gasteiger partial charge < -0.3 is 10.1 Å². The Bertz CT molecular complexity index is 288. The Morgan fingerprint density at radius 1 is 1.85 bits per heavy atom. The van der Waals surface area contributed by atoms with Gasteiger partial charge in [-0.25, -0.2) is 4.98 Å². The number of rotatable bonds is 5. The molecule has 1 heterocycles. The van der Waals surface area contributed by atoms with Crippen LogP contribution in [0.15, 0.2) is 6.20 Å². The molecule has 1 rings (SSSR count). The molecule has 0 saturated heterocycles. The Labute approximate surface area is 78.7 Å². The number of aromatic nitrogens is 1. The zero-order valence-electron chi connectivity index (χ0n) is 7.02. The van der Waals surface area contributed by atoms with Gasteiger partial charge >= 0.3 is 5.00 Å². The average molecular weight is 203 g/mol. The topological polar surface area (TPSA) is 77.3 Å². The third-order valence-electron chi connectivity index (χ3n) is 1.23. The summed E-state index contributed by atoms with van der Waals surface area (Å²) in [5.74, 6) is 0. The highest BCUT2D eigenvalue weighted by molar-refractivity contribution is 7.16. The molecule has 0 atom stereocenters. The molecule has 0 amide bonds. The van der Waals surface area contributed by atoms with Gasteiger partial charge in [-0.05, 0) is 18.4 Å². The fourth-order valence-electron chi connectivity index (χ4n) is 0.642. The third-order valence-corrected chi connectivity index (χ3v) is 2.09. The zero-order valence-corrected chi connectivity index (χ0v) is 7.84. The summed E-state index contributed by atoms with van der Waals surface area (Å²) in [6.45, 7) is 1.15. The van der Waals surface area contributed by atoms with Crippen molar-refractivity contribution in [1.82, 2.24) is 10.3 Å². The van der Waals surface area contributed by atoms with Crippen LogP contribution in [0.5, 0.6) is 5.19 Å². The van der Waals surface area contributed by atoms with Gasteiger partial charge in [-0.15, -0.1) is 0 Å². The molecule has 0 aliphatic heterocycles. The Kier molecular flexibility index (Phi) is 3.59. The minimum Gasteiger partial charge on any atom is -0.469 e. The van der Waals surface area contributed by atoms with Crippen molar-refractivity contribution in [3.8, 4) is 5.19 Å². The largest absolute Gasteiger partial charge is 0.469 e. The van der Waals surface area contributed by atoms with Crippen LogP contribution >= 0.6 is 11.3 Å². The molecule has 1 N–H and O–H groups in total. The Hall–Kier alpha value is -1.21. The average Bonchev–Trinajstić information content (AvgIpc) is 2.53. The maximum Gasteiger partial charge on any atom is 0.347 e. The van der Waals surface area contributed by atoms with Crippen molar-refractivity contribution in [3.63, 3.8) is 0 Å². The van der Waals surface area contributed by atoms with Crippen molar-refractivity contribution >= 4 is 16.3 Å². The highest BCUT2D eigenvalue weighted by Gasteiger charge is 2.11. The van der Waals surface area contributed by atoms with Crippen LogP contribution in [-0.2, 0) is 0 Å². The molecule has 1 aromatic rings. The third kappa shape index (κ3) is 2.96. The summed E-state index contributed by atoms with van der Waals surface area (Å²) < 4.78 is 5.12. The van der Waals surface area contributed by atoms with Crippen LogP contribution in [0.2, 0.25) is 0 Å². The van der Waals surface area contributed by atoms with Crippen molar-refractivity contribution in [2.24, 2.45) is 0 Å². The van der Waals surface area contributed by atoms with E-state index in [1.54, 1.807) is 7.05 Å². The second-order valence-corrected chi connectivity index (χ2v) is 3.15. The number of nitro groups is 1. The Balaban J connectivity index is 2.44. The molecule has 13 heavy (non-hydrogen) atoms. The van der Waals surface area contributed by atoms with Crippen LogP contribution in [0.1, 0.15) is 0 Å². The second kappa shape index (κ2) is 4.73. The summed E-state index contributed by atoms with van der Waals surface area (Å²) in [6, 6.07) is 0. The molecule has 0 aliphatic carbocycles. The lowest BCUT2D eigenvalue weighted by molar-refractivity contribution is -0.380. The van der Waals surface area contributed by atoms with Gasteiger partial charge in [-0.3, -0.25) is 10.1 Å². The summed E-state index contributed by atoms with van der Waals surface area (Å²) >= 11 is 0.931. The standard InChI is InChI=1S/C6H9N3O3S/c1-7-2-3-12-6-8-4-5(13-6)9(10)11/h4,7H,2-3H2,1H3. The minimum atomic E-state index is -0.484. The van der Waals surface area contributed by atoms with Crippen LogP contribution in [0.4, 0.5) is 5.00 Å². The summed E-state index contributed by atoms with van der Waals surface area (Å²) in [5, 5.41) is 13.5. The number of hydrogen-bond donors (Lipinski definition) is 1. The van der Waals surface area contributed by atoms with Crippen molar-refractivity contribution in [2.75, 3.05) is 20.2 Å². The molecular weight excluding hydrogens is 194 g/mol. The van der Waals surface area contributed by atoms with Gasteiger partial charge in [-0.1, -0.05) is 0 Å². The minimum absolute atomic E-state index is 0.000502. The lowest BCUT2D eigenvalue weighted by Gasteiger charge is -1.98. The number of ether oxygens (including phenoxy) is 1. The van der Waals surface area contributed by atoms with E-state index in [4.69, 9.17) is 4.74 Å². The molecular formula is C6H9N3O3S. The van der Waals surface area contributed by atoms with Gasteiger partial charge in [0.1, 0.15) is 12.8 Å². The summed E-state index contributed by atoms with van der Waals surface area (Å²) in [5.41, 5.74) is 0. The fourth-order valence-corrected chi connectivity index (χ4v) is 1.25. The van der Waals surface area contributed by atoms with Crippen molar-refractivity contribution in [1.29, 1.82) is 0 Å². The molecule has 7 heteroatoms. The summed E-state index contributed by atoms with van der Waals surface area (Å²) in [6.07, 6.45) is 1.19. The van der Waals surface area contributed by atoms with Crippen molar-refractivity contribution in [2.45, 2.75) is 0 Å². The van der Waals surface area contributed by atoms with Crippen molar-refractivity contribution < 1.29 is 9.66 Å². The van der Waals surface area contributed by atoms with Gasteiger partial charge in [0.2, 0.25) is 0 Å². The van der Waals surface area contributed by atoms with Crippen LogP contribution in [-0.4, -0.2) is 30.1 Å². The molecule has 0 spiro atoms. The molecule has 0 bridgehead atoms. The first-order valence-corrected chi connectivity index (χ1v) is 4.43. The number of thiazole rings is 1. The normalized spacial score (nSPS) is 9.92. The molecule has 0 saturated carbocycles. The molecule has 1 aromatic heterocycles. The molecule has 0 unspecified atom stereocenters. The van der Waals surface area contributed by atoms with E-state index >= 15 is 0 Å². The van der Waals surface area contributed by atoms with E-state index in [1.807, 2.05) is 0 Å². The second-order valence-electron chi connectivity index (χ2n) is 2.17. The van der Waals surface area contributed by atoms with Gasteiger partial charge in [0, 0.05) is 6.54 Å². The van der Waals surface area contributed by atoms with Crippen molar-refractivity contribution in [3.05, 3.63) is 16.3 Å². The van der Waals surface area contributed by atoms with E-state index in [1.165, 1.54) is 6.20 Å². The number of nitrogens with one attached hydrogen (secondary N) is 1. The Morgan fingerprint density at radius 2 is 2.62 bits per heavy atom. The molecule has 6 nitrogen and oxygen atoms in total. The van der Waals surface area contributed by atoms with Crippen LogP contribution in [0, 0.1) is 10.1 Å². The fraction of sp³-hybridized carbons (Fsp3) is 0.500.